The first-order valence-corrected chi connectivity index (χ1v) is 6.68. The number of carbonyl (C=O) groups is 1. The van der Waals surface area contributed by atoms with E-state index in [4.69, 9.17) is 9.47 Å². The molecule has 110 valence electrons. The van der Waals surface area contributed by atoms with Crippen LogP contribution in [0.25, 0.3) is 0 Å². The molecule has 21 heavy (non-hydrogen) atoms. The molecule has 0 fully saturated rings. The molecule has 0 unspecified atom stereocenters. The predicted octanol–water partition coefficient (Wildman–Crippen LogP) is 3.98. The molecule has 0 bridgehead atoms. The second-order valence-electron chi connectivity index (χ2n) is 4.15. The molecule has 0 saturated heterocycles. The van der Waals surface area contributed by atoms with Gasteiger partial charge in [0.1, 0.15) is 11.6 Å². The smallest absolute Gasteiger partial charge is 0.196 e. The van der Waals surface area contributed by atoms with Crippen molar-refractivity contribution < 1.29 is 23.0 Å². The number of methoxy groups -OCH3 is 2. The molecule has 6 heteroatoms. The van der Waals surface area contributed by atoms with Crippen LogP contribution < -0.4 is 9.47 Å². The third-order valence-electron chi connectivity index (χ3n) is 2.90. The average Bonchev–Trinajstić information content (AvgIpc) is 2.48. The van der Waals surface area contributed by atoms with Crippen molar-refractivity contribution in [1.82, 2.24) is 0 Å². The van der Waals surface area contributed by atoms with E-state index in [1.165, 1.54) is 32.4 Å². The third kappa shape index (κ3) is 3.05. The molecule has 0 heterocycles. The first-order valence-electron chi connectivity index (χ1n) is 5.89. The number of benzene rings is 2. The lowest BCUT2D eigenvalue weighted by molar-refractivity contribution is 0.103. The zero-order valence-electron chi connectivity index (χ0n) is 11.2. The summed E-state index contributed by atoms with van der Waals surface area (Å²) in [6, 6.07) is 6.25. The Morgan fingerprint density at radius 2 is 1.67 bits per heavy atom. The van der Waals surface area contributed by atoms with Gasteiger partial charge in [-0.2, -0.15) is 0 Å². The summed E-state index contributed by atoms with van der Waals surface area (Å²) >= 11 is 3.01. The molecule has 0 spiro atoms. The summed E-state index contributed by atoms with van der Waals surface area (Å²) in [6.45, 7) is 0. The number of rotatable bonds is 4. The highest BCUT2D eigenvalue weighted by molar-refractivity contribution is 9.10. The van der Waals surface area contributed by atoms with Crippen LogP contribution in [-0.4, -0.2) is 20.0 Å². The molecule has 0 aliphatic rings. The Bertz CT molecular complexity index is 702. The minimum Gasteiger partial charge on any atom is -0.496 e. The van der Waals surface area contributed by atoms with Crippen molar-refractivity contribution in [1.29, 1.82) is 0 Å². The Morgan fingerprint density at radius 3 is 2.24 bits per heavy atom. The van der Waals surface area contributed by atoms with Crippen LogP contribution in [0.2, 0.25) is 0 Å². The molecule has 0 aliphatic carbocycles. The van der Waals surface area contributed by atoms with Gasteiger partial charge in [0.25, 0.3) is 0 Å². The van der Waals surface area contributed by atoms with Crippen LogP contribution in [0.3, 0.4) is 0 Å². The molecular formula is C15H11BrF2O3. The van der Waals surface area contributed by atoms with Crippen molar-refractivity contribution in [2.75, 3.05) is 14.2 Å². The molecule has 2 aromatic rings. The maximum absolute atomic E-state index is 13.7. The predicted molar refractivity (Wildman–Crippen MR) is 77.0 cm³/mol. The van der Waals surface area contributed by atoms with E-state index in [1.54, 1.807) is 0 Å². The SMILES string of the molecule is COc1ccc(C(=O)c2cc(Br)c(F)cc2OC)cc1F. The van der Waals surface area contributed by atoms with Gasteiger partial charge >= 0.3 is 0 Å². The fraction of sp³-hybridized carbons (Fsp3) is 0.133. The maximum Gasteiger partial charge on any atom is 0.196 e. The highest BCUT2D eigenvalue weighted by Gasteiger charge is 2.18. The van der Waals surface area contributed by atoms with Crippen molar-refractivity contribution in [3.8, 4) is 11.5 Å². The molecule has 0 atom stereocenters. The fourth-order valence-electron chi connectivity index (χ4n) is 1.84. The van der Waals surface area contributed by atoms with Crippen LogP contribution in [-0.2, 0) is 0 Å². The topological polar surface area (TPSA) is 35.5 Å². The summed E-state index contributed by atoms with van der Waals surface area (Å²) in [5.41, 5.74) is 0.250. The van der Waals surface area contributed by atoms with Crippen LogP contribution in [0.4, 0.5) is 8.78 Å². The zero-order valence-corrected chi connectivity index (χ0v) is 12.8. The molecule has 0 aliphatic heterocycles. The normalized spacial score (nSPS) is 10.3. The second kappa shape index (κ2) is 6.22. The average molecular weight is 357 g/mol. The van der Waals surface area contributed by atoms with Gasteiger partial charge in [0, 0.05) is 11.6 Å². The monoisotopic (exact) mass is 356 g/mol. The number of hydrogen-bond acceptors (Lipinski definition) is 3. The summed E-state index contributed by atoms with van der Waals surface area (Å²) in [5.74, 6) is -1.56. The van der Waals surface area contributed by atoms with Crippen molar-refractivity contribution in [2.24, 2.45) is 0 Å². The highest BCUT2D eigenvalue weighted by atomic mass is 79.9. The zero-order chi connectivity index (χ0) is 15.6. The van der Waals surface area contributed by atoms with Gasteiger partial charge < -0.3 is 9.47 Å². The van der Waals surface area contributed by atoms with E-state index in [-0.39, 0.29) is 27.1 Å². The van der Waals surface area contributed by atoms with E-state index in [9.17, 15) is 13.6 Å². The van der Waals surface area contributed by atoms with Gasteiger partial charge in [-0.05, 0) is 40.2 Å². The Balaban J connectivity index is 2.49. The van der Waals surface area contributed by atoms with E-state index < -0.39 is 17.4 Å². The molecule has 2 rings (SSSR count). The summed E-state index contributed by atoms with van der Waals surface area (Å²) < 4.78 is 37.1. The quantitative estimate of drug-likeness (QED) is 0.777. The van der Waals surface area contributed by atoms with E-state index in [0.717, 1.165) is 12.1 Å². The minimum atomic E-state index is -0.650. The number of ketones is 1. The number of hydrogen-bond donors (Lipinski definition) is 0. The van der Waals surface area contributed by atoms with Crippen molar-refractivity contribution >= 4 is 21.7 Å². The first kappa shape index (κ1) is 15.4. The highest BCUT2D eigenvalue weighted by Crippen LogP contribution is 2.29. The second-order valence-corrected chi connectivity index (χ2v) is 5.00. The summed E-state index contributed by atoms with van der Waals surface area (Å²) in [6.07, 6.45) is 0. The lowest BCUT2D eigenvalue weighted by Crippen LogP contribution is -2.05. The Labute approximate surface area is 128 Å². The van der Waals surface area contributed by atoms with Crippen molar-refractivity contribution in [2.45, 2.75) is 0 Å². The van der Waals surface area contributed by atoms with E-state index in [0.29, 0.717) is 0 Å². The van der Waals surface area contributed by atoms with Gasteiger partial charge in [-0.3, -0.25) is 4.79 Å². The minimum absolute atomic E-state index is 0.0406. The van der Waals surface area contributed by atoms with Gasteiger partial charge in [0.15, 0.2) is 17.3 Å². The van der Waals surface area contributed by atoms with Gasteiger partial charge in [-0.15, -0.1) is 0 Å². The van der Waals surface area contributed by atoms with Crippen LogP contribution >= 0.6 is 15.9 Å². The Hall–Kier alpha value is -1.95. The van der Waals surface area contributed by atoms with Gasteiger partial charge in [0.2, 0.25) is 0 Å². The van der Waals surface area contributed by atoms with Gasteiger partial charge in [0.05, 0.1) is 24.3 Å². The van der Waals surface area contributed by atoms with Crippen LogP contribution in [0.1, 0.15) is 15.9 Å². The van der Waals surface area contributed by atoms with Crippen LogP contribution in [0, 0.1) is 11.6 Å². The van der Waals surface area contributed by atoms with Crippen LogP contribution in [0.5, 0.6) is 11.5 Å². The lowest BCUT2D eigenvalue weighted by Gasteiger charge is -2.10. The summed E-state index contributed by atoms with van der Waals surface area (Å²) in [7, 11) is 2.66. The lowest BCUT2D eigenvalue weighted by atomic mass is 10.0. The largest absolute Gasteiger partial charge is 0.496 e. The third-order valence-corrected chi connectivity index (χ3v) is 3.51. The molecule has 0 radical (unpaired) electrons. The van der Waals surface area contributed by atoms with E-state index in [2.05, 4.69) is 15.9 Å². The number of halogens is 3. The van der Waals surface area contributed by atoms with Crippen molar-refractivity contribution in [3.63, 3.8) is 0 Å². The standard InChI is InChI=1S/C15H11BrF2O3/c1-20-13-4-3-8(5-12(13)18)15(19)9-6-10(16)11(17)7-14(9)21-2/h3-7H,1-2H3. The summed E-state index contributed by atoms with van der Waals surface area (Å²) in [4.78, 5) is 12.4. The van der Waals surface area contributed by atoms with Crippen LogP contribution in [0.15, 0.2) is 34.8 Å². The molecule has 2 aromatic carbocycles. The fourth-order valence-corrected chi connectivity index (χ4v) is 2.18. The molecular weight excluding hydrogens is 346 g/mol. The van der Waals surface area contributed by atoms with Gasteiger partial charge in [-0.1, -0.05) is 0 Å². The van der Waals surface area contributed by atoms with E-state index >= 15 is 0 Å². The number of carbonyl (C=O) groups excluding carboxylic acids is 1. The van der Waals surface area contributed by atoms with Crippen molar-refractivity contribution in [3.05, 3.63) is 57.6 Å². The Morgan fingerprint density at radius 1 is 1.00 bits per heavy atom. The summed E-state index contributed by atoms with van der Waals surface area (Å²) in [5, 5.41) is 0. The first-order chi connectivity index (χ1) is 9.97. The molecule has 0 amide bonds. The number of ether oxygens (including phenoxy) is 2. The molecule has 3 nitrogen and oxygen atoms in total. The van der Waals surface area contributed by atoms with Gasteiger partial charge in [-0.25, -0.2) is 8.78 Å². The molecule has 0 N–H and O–H groups in total. The van der Waals surface area contributed by atoms with E-state index in [1.807, 2.05) is 0 Å². The molecule has 0 saturated carbocycles. The maximum atomic E-state index is 13.7. The Kier molecular flexibility index (Phi) is 4.57. The molecule has 0 aromatic heterocycles.